The molecule has 0 saturated heterocycles. The van der Waals surface area contributed by atoms with Gasteiger partial charge in [-0.3, -0.25) is 14.6 Å². The number of thiophene rings is 1. The number of nitrogens with one attached hydrogen (secondary N) is 2. The number of aromatic nitrogens is 4. The zero-order valence-corrected chi connectivity index (χ0v) is 14.1. The predicted molar refractivity (Wildman–Crippen MR) is 90.4 cm³/mol. The Morgan fingerprint density at radius 1 is 1.52 bits per heavy atom. The first-order chi connectivity index (χ1) is 11.1. The molecule has 0 aliphatic carbocycles. The monoisotopic (exact) mass is 329 g/mol. The first kappa shape index (κ1) is 15.5. The summed E-state index contributed by atoms with van der Waals surface area (Å²) < 4.78 is 1.87. The highest BCUT2D eigenvalue weighted by atomic mass is 32.1. The SMILES string of the molecule is CCn1cc(C(C)NC(=O)c2cc(-c3cccs3)[nH]n2)c(C)n1. The lowest BCUT2D eigenvalue weighted by atomic mass is 10.1. The summed E-state index contributed by atoms with van der Waals surface area (Å²) in [5.41, 5.74) is 3.20. The fourth-order valence-electron chi connectivity index (χ4n) is 2.46. The number of amides is 1. The smallest absolute Gasteiger partial charge is 0.272 e. The molecule has 1 amide bonds. The van der Waals surface area contributed by atoms with E-state index in [0.29, 0.717) is 5.69 Å². The summed E-state index contributed by atoms with van der Waals surface area (Å²) in [5.74, 6) is -0.194. The fraction of sp³-hybridized carbons (Fsp3) is 0.312. The van der Waals surface area contributed by atoms with Gasteiger partial charge in [0.15, 0.2) is 5.69 Å². The Morgan fingerprint density at radius 3 is 3.00 bits per heavy atom. The van der Waals surface area contributed by atoms with Crippen LogP contribution in [0.1, 0.15) is 41.6 Å². The first-order valence-electron chi connectivity index (χ1n) is 7.52. The van der Waals surface area contributed by atoms with Crippen LogP contribution in [0.4, 0.5) is 0 Å². The van der Waals surface area contributed by atoms with Gasteiger partial charge in [0.25, 0.3) is 5.91 Å². The maximum absolute atomic E-state index is 12.4. The van der Waals surface area contributed by atoms with Gasteiger partial charge in [0.1, 0.15) is 0 Å². The van der Waals surface area contributed by atoms with Crippen LogP contribution in [0, 0.1) is 6.92 Å². The molecule has 3 rings (SSSR count). The number of carbonyl (C=O) groups excluding carboxylic acids is 1. The van der Waals surface area contributed by atoms with E-state index in [1.165, 1.54) is 0 Å². The molecule has 0 saturated carbocycles. The topological polar surface area (TPSA) is 75.6 Å². The molecule has 0 radical (unpaired) electrons. The Hall–Kier alpha value is -2.41. The van der Waals surface area contributed by atoms with Gasteiger partial charge < -0.3 is 5.32 Å². The number of nitrogens with zero attached hydrogens (tertiary/aromatic N) is 3. The summed E-state index contributed by atoms with van der Waals surface area (Å²) >= 11 is 1.61. The minimum Gasteiger partial charge on any atom is -0.344 e. The van der Waals surface area contributed by atoms with Crippen LogP contribution in [0.2, 0.25) is 0 Å². The molecular formula is C16H19N5OS. The lowest BCUT2D eigenvalue weighted by Gasteiger charge is -2.11. The van der Waals surface area contributed by atoms with Crippen molar-refractivity contribution in [2.75, 3.05) is 0 Å². The van der Waals surface area contributed by atoms with E-state index >= 15 is 0 Å². The second-order valence-electron chi connectivity index (χ2n) is 5.36. The van der Waals surface area contributed by atoms with Crippen molar-refractivity contribution in [2.24, 2.45) is 0 Å². The van der Waals surface area contributed by atoms with Crippen LogP contribution < -0.4 is 5.32 Å². The van der Waals surface area contributed by atoms with E-state index in [9.17, 15) is 4.79 Å². The second kappa shape index (κ2) is 6.37. The number of aromatic amines is 1. The second-order valence-corrected chi connectivity index (χ2v) is 6.31. The van der Waals surface area contributed by atoms with Crippen molar-refractivity contribution >= 4 is 17.2 Å². The Labute approximate surface area is 138 Å². The van der Waals surface area contributed by atoms with Crippen molar-refractivity contribution in [1.82, 2.24) is 25.3 Å². The summed E-state index contributed by atoms with van der Waals surface area (Å²) in [6, 6.07) is 5.61. The van der Waals surface area contributed by atoms with E-state index in [1.807, 2.05) is 49.2 Å². The maximum Gasteiger partial charge on any atom is 0.272 e. The van der Waals surface area contributed by atoms with Gasteiger partial charge in [-0.15, -0.1) is 11.3 Å². The molecule has 0 fully saturated rings. The third-order valence-electron chi connectivity index (χ3n) is 3.72. The first-order valence-corrected chi connectivity index (χ1v) is 8.40. The minimum absolute atomic E-state index is 0.121. The number of hydrogen-bond acceptors (Lipinski definition) is 4. The predicted octanol–water partition coefficient (Wildman–Crippen LogP) is 3.15. The summed E-state index contributed by atoms with van der Waals surface area (Å²) in [6.07, 6.45) is 1.97. The molecule has 0 aliphatic heterocycles. The van der Waals surface area contributed by atoms with Crippen LogP contribution in [-0.4, -0.2) is 25.9 Å². The van der Waals surface area contributed by atoms with Crippen molar-refractivity contribution < 1.29 is 4.79 Å². The number of aryl methyl sites for hydroxylation is 2. The fourth-order valence-corrected chi connectivity index (χ4v) is 3.16. The Bertz CT molecular complexity index is 802. The lowest BCUT2D eigenvalue weighted by Crippen LogP contribution is -2.27. The van der Waals surface area contributed by atoms with Crippen molar-refractivity contribution in [2.45, 2.75) is 33.4 Å². The van der Waals surface area contributed by atoms with Crippen LogP contribution in [0.25, 0.3) is 10.6 Å². The van der Waals surface area contributed by atoms with Crippen LogP contribution in [0.15, 0.2) is 29.8 Å². The van der Waals surface area contributed by atoms with Crippen LogP contribution in [-0.2, 0) is 6.54 Å². The molecule has 3 aromatic heterocycles. The standard InChI is InChI=1S/C16H19N5OS/c1-4-21-9-12(11(3)20-21)10(2)17-16(22)14-8-13(18-19-14)15-6-5-7-23-15/h5-10H,4H2,1-3H3,(H,17,22)(H,18,19). The van der Waals surface area contributed by atoms with Gasteiger partial charge in [-0.05, 0) is 38.3 Å². The van der Waals surface area contributed by atoms with Gasteiger partial charge in [-0.2, -0.15) is 10.2 Å². The molecule has 0 aromatic carbocycles. The molecule has 3 heterocycles. The molecule has 7 heteroatoms. The Balaban J connectivity index is 1.72. The normalized spacial score (nSPS) is 12.3. The number of hydrogen-bond donors (Lipinski definition) is 2. The molecule has 6 nitrogen and oxygen atoms in total. The molecule has 0 spiro atoms. The van der Waals surface area contributed by atoms with Gasteiger partial charge >= 0.3 is 0 Å². The summed E-state index contributed by atoms with van der Waals surface area (Å²) in [7, 11) is 0. The average molecular weight is 329 g/mol. The summed E-state index contributed by atoms with van der Waals surface area (Å²) in [6.45, 7) is 6.75. The van der Waals surface area contributed by atoms with Crippen LogP contribution in [0.3, 0.4) is 0 Å². The molecule has 120 valence electrons. The van der Waals surface area contributed by atoms with Gasteiger partial charge in [-0.1, -0.05) is 6.07 Å². The zero-order chi connectivity index (χ0) is 16.4. The van der Waals surface area contributed by atoms with E-state index < -0.39 is 0 Å². The number of H-pyrrole nitrogens is 1. The molecule has 1 unspecified atom stereocenters. The largest absolute Gasteiger partial charge is 0.344 e. The molecule has 2 N–H and O–H groups in total. The molecular weight excluding hydrogens is 310 g/mol. The number of carbonyl (C=O) groups is 1. The van der Waals surface area contributed by atoms with Gasteiger partial charge in [0.05, 0.1) is 22.3 Å². The average Bonchev–Trinajstić information content (AvgIpc) is 3.26. The molecule has 1 atom stereocenters. The molecule has 0 aliphatic rings. The highest BCUT2D eigenvalue weighted by Crippen LogP contribution is 2.23. The van der Waals surface area contributed by atoms with E-state index in [0.717, 1.165) is 28.4 Å². The third kappa shape index (κ3) is 3.19. The highest BCUT2D eigenvalue weighted by Gasteiger charge is 2.18. The van der Waals surface area contributed by atoms with Crippen molar-refractivity contribution in [3.05, 3.63) is 46.7 Å². The Morgan fingerprint density at radius 2 is 2.35 bits per heavy atom. The summed E-state index contributed by atoms with van der Waals surface area (Å²) in [5, 5.41) is 16.4. The summed E-state index contributed by atoms with van der Waals surface area (Å²) in [4.78, 5) is 13.4. The van der Waals surface area contributed by atoms with Crippen molar-refractivity contribution in [3.8, 4) is 10.6 Å². The third-order valence-corrected chi connectivity index (χ3v) is 4.62. The molecule has 0 bridgehead atoms. The van der Waals surface area contributed by atoms with E-state index in [-0.39, 0.29) is 11.9 Å². The minimum atomic E-state index is -0.194. The molecule has 3 aromatic rings. The van der Waals surface area contributed by atoms with E-state index in [4.69, 9.17) is 0 Å². The zero-order valence-electron chi connectivity index (χ0n) is 13.3. The van der Waals surface area contributed by atoms with Gasteiger partial charge in [-0.25, -0.2) is 0 Å². The number of rotatable bonds is 5. The Kier molecular flexibility index (Phi) is 4.29. The highest BCUT2D eigenvalue weighted by molar-refractivity contribution is 7.13. The van der Waals surface area contributed by atoms with Gasteiger partial charge in [0, 0.05) is 18.3 Å². The quantitative estimate of drug-likeness (QED) is 0.755. The van der Waals surface area contributed by atoms with E-state index in [1.54, 1.807) is 17.4 Å². The lowest BCUT2D eigenvalue weighted by molar-refractivity contribution is 0.0934. The van der Waals surface area contributed by atoms with Crippen molar-refractivity contribution in [1.29, 1.82) is 0 Å². The van der Waals surface area contributed by atoms with Crippen LogP contribution in [0.5, 0.6) is 0 Å². The van der Waals surface area contributed by atoms with Crippen LogP contribution >= 0.6 is 11.3 Å². The van der Waals surface area contributed by atoms with Crippen molar-refractivity contribution in [3.63, 3.8) is 0 Å². The molecule has 23 heavy (non-hydrogen) atoms. The van der Waals surface area contributed by atoms with E-state index in [2.05, 4.69) is 20.6 Å². The van der Waals surface area contributed by atoms with Gasteiger partial charge in [0.2, 0.25) is 0 Å². The maximum atomic E-state index is 12.4.